The van der Waals surface area contributed by atoms with E-state index in [1.807, 2.05) is 12.1 Å². The molecule has 1 aliphatic carbocycles. The maximum Gasteiger partial charge on any atom is 0.269 e. The topological polar surface area (TPSA) is 43.1 Å². The summed E-state index contributed by atoms with van der Waals surface area (Å²) in [6, 6.07) is 13.2. The predicted molar refractivity (Wildman–Crippen MR) is 76.3 cm³/mol. The van der Waals surface area contributed by atoms with Gasteiger partial charge in [-0.05, 0) is 42.7 Å². The Morgan fingerprint density at radius 1 is 1.05 bits per heavy atom. The molecule has 0 aromatic heterocycles. The van der Waals surface area contributed by atoms with Crippen LogP contribution in [0.15, 0.2) is 53.4 Å². The number of non-ortho nitro benzene ring substituents is 1. The van der Waals surface area contributed by atoms with Crippen molar-refractivity contribution in [2.45, 2.75) is 22.5 Å². The molecule has 1 aliphatic rings. The molecule has 0 amide bonds. The van der Waals surface area contributed by atoms with Gasteiger partial charge in [-0.1, -0.05) is 12.1 Å². The Morgan fingerprint density at radius 3 is 2.15 bits per heavy atom. The number of hydrogen-bond donors (Lipinski definition) is 0. The molecule has 5 heteroatoms. The molecular formula is C15H12FNO2S. The molecule has 0 radical (unpaired) electrons. The van der Waals surface area contributed by atoms with Crippen LogP contribution in [-0.2, 0) is 4.75 Å². The van der Waals surface area contributed by atoms with Crippen molar-refractivity contribution in [3.05, 3.63) is 70.0 Å². The van der Waals surface area contributed by atoms with Crippen LogP contribution >= 0.6 is 11.8 Å². The first-order valence-electron chi connectivity index (χ1n) is 6.29. The minimum Gasteiger partial charge on any atom is -0.258 e. The number of halogens is 1. The van der Waals surface area contributed by atoms with E-state index >= 15 is 0 Å². The van der Waals surface area contributed by atoms with Crippen molar-refractivity contribution >= 4 is 17.4 Å². The summed E-state index contributed by atoms with van der Waals surface area (Å²) in [7, 11) is 0. The molecule has 0 saturated heterocycles. The van der Waals surface area contributed by atoms with Crippen LogP contribution in [0.25, 0.3) is 0 Å². The summed E-state index contributed by atoms with van der Waals surface area (Å²) >= 11 is 1.70. The van der Waals surface area contributed by atoms with Crippen molar-refractivity contribution in [3.63, 3.8) is 0 Å². The zero-order valence-corrected chi connectivity index (χ0v) is 11.4. The number of thioether (sulfide) groups is 1. The number of nitro benzene ring substituents is 1. The minimum atomic E-state index is -0.392. The highest BCUT2D eigenvalue weighted by Gasteiger charge is 2.45. The molecule has 0 heterocycles. The van der Waals surface area contributed by atoms with Crippen LogP contribution in [0.2, 0.25) is 0 Å². The minimum absolute atomic E-state index is 0.00699. The summed E-state index contributed by atoms with van der Waals surface area (Å²) in [5.74, 6) is -0.241. The quantitative estimate of drug-likeness (QED) is 0.614. The summed E-state index contributed by atoms with van der Waals surface area (Å²) in [6.45, 7) is 0. The van der Waals surface area contributed by atoms with E-state index in [-0.39, 0.29) is 16.3 Å². The third-order valence-corrected chi connectivity index (χ3v) is 4.98. The molecule has 0 atom stereocenters. The van der Waals surface area contributed by atoms with Gasteiger partial charge in [-0.2, -0.15) is 0 Å². The van der Waals surface area contributed by atoms with Gasteiger partial charge >= 0.3 is 0 Å². The molecule has 0 bridgehead atoms. The Kier molecular flexibility index (Phi) is 3.22. The van der Waals surface area contributed by atoms with Crippen LogP contribution in [0, 0.1) is 15.9 Å². The van der Waals surface area contributed by atoms with E-state index in [9.17, 15) is 14.5 Å². The number of hydrogen-bond acceptors (Lipinski definition) is 3. The van der Waals surface area contributed by atoms with Crippen molar-refractivity contribution in [2.24, 2.45) is 0 Å². The highest BCUT2D eigenvalue weighted by molar-refractivity contribution is 8.00. The lowest BCUT2D eigenvalue weighted by molar-refractivity contribution is -0.384. The van der Waals surface area contributed by atoms with Crippen molar-refractivity contribution in [1.29, 1.82) is 0 Å². The standard InChI is InChI=1S/C15H12FNO2S/c16-12-3-7-14(8-4-12)20-15(9-10-15)11-1-5-13(6-2-11)17(18)19/h1-8H,9-10H2. The summed E-state index contributed by atoms with van der Waals surface area (Å²) in [4.78, 5) is 11.3. The van der Waals surface area contributed by atoms with Crippen molar-refractivity contribution in [1.82, 2.24) is 0 Å². The van der Waals surface area contributed by atoms with Crippen LogP contribution in [-0.4, -0.2) is 4.92 Å². The van der Waals surface area contributed by atoms with Gasteiger partial charge in [0.15, 0.2) is 0 Å². The molecule has 0 spiro atoms. The summed E-state index contributed by atoms with van der Waals surface area (Å²) in [6.07, 6.45) is 2.07. The van der Waals surface area contributed by atoms with Crippen LogP contribution in [0.4, 0.5) is 10.1 Å². The second kappa shape index (κ2) is 4.90. The van der Waals surface area contributed by atoms with Crippen molar-refractivity contribution < 1.29 is 9.31 Å². The normalized spacial score (nSPS) is 15.8. The molecule has 1 fully saturated rings. The third-order valence-electron chi connectivity index (χ3n) is 3.44. The first-order chi connectivity index (χ1) is 9.59. The first kappa shape index (κ1) is 13.1. The number of benzene rings is 2. The largest absolute Gasteiger partial charge is 0.269 e. The summed E-state index contributed by atoms with van der Waals surface area (Å²) in [5, 5.41) is 10.7. The fourth-order valence-corrected chi connectivity index (χ4v) is 3.46. The number of nitrogens with zero attached hydrogens (tertiary/aromatic N) is 1. The zero-order valence-electron chi connectivity index (χ0n) is 10.6. The van der Waals surface area contributed by atoms with Crippen molar-refractivity contribution in [3.8, 4) is 0 Å². The lowest BCUT2D eigenvalue weighted by atomic mass is 10.1. The molecule has 1 saturated carbocycles. The van der Waals surface area contributed by atoms with Crippen LogP contribution in [0.3, 0.4) is 0 Å². The molecule has 102 valence electrons. The molecule has 0 aliphatic heterocycles. The van der Waals surface area contributed by atoms with Crippen molar-refractivity contribution in [2.75, 3.05) is 0 Å². The van der Waals surface area contributed by atoms with Gasteiger partial charge < -0.3 is 0 Å². The van der Waals surface area contributed by atoms with E-state index < -0.39 is 4.92 Å². The van der Waals surface area contributed by atoms with Gasteiger partial charge in [0.1, 0.15) is 5.82 Å². The lowest BCUT2D eigenvalue weighted by Gasteiger charge is -2.15. The molecule has 2 aromatic carbocycles. The van der Waals surface area contributed by atoms with Gasteiger partial charge in [0.2, 0.25) is 0 Å². The van der Waals surface area contributed by atoms with E-state index in [4.69, 9.17) is 0 Å². The molecule has 2 aromatic rings. The molecule has 3 nitrogen and oxygen atoms in total. The van der Waals surface area contributed by atoms with Crippen LogP contribution in [0.5, 0.6) is 0 Å². The van der Waals surface area contributed by atoms with E-state index in [0.29, 0.717) is 0 Å². The Balaban J connectivity index is 1.81. The Hall–Kier alpha value is -1.88. The molecule has 0 N–H and O–H groups in total. The summed E-state index contributed by atoms with van der Waals surface area (Å²) in [5.41, 5.74) is 1.20. The second-order valence-corrected chi connectivity index (χ2v) is 6.31. The summed E-state index contributed by atoms with van der Waals surface area (Å²) < 4.78 is 12.9. The SMILES string of the molecule is O=[N+]([O-])c1ccc(C2(Sc3ccc(F)cc3)CC2)cc1. The van der Waals surface area contributed by atoms with Crippen LogP contribution < -0.4 is 0 Å². The van der Waals surface area contributed by atoms with Gasteiger partial charge in [0.05, 0.1) is 4.92 Å². The fourth-order valence-electron chi connectivity index (χ4n) is 2.18. The monoisotopic (exact) mass is 289 g/mol. The predicted octanol–water partition coefficient (Wildman–Crippen LogP) is 4.52. The van der Waals surface area contributed by atoms with E-state index in [0.717, 1.165) is 23.3 Å². The van der Waals surface area contributed by atoms with E-state index in [1.165, 1.54) is 12.1 Å². The number of rotatable bonds is 4. The highest BCUT2D eigenvalue weighted by Crippen LogP contribution is 2.59. The third kappa shape index (κ3) is 2.54. The Labute approximate surface area is 120 Å². The first-order valence-corrected chi connectivity index (χ1v) is 7.10. The lowest BCUT2D eigenvalue weighted by Crippen LogP contribution is -2.01. The molecule has 0 unspecified atom stereocenters. The van der Waals surface area contributed by atoms with Gasteiger partial charge in [0.25, 0.3) is 5.69 Å². The zero-order chi connectivity index (χ0) is 14.2. The average Bonchev–Trinajstić information content (AvgIpc) is 3.22. The Morgan fingerprint density at radius 2 is 1.65 bits per heavy atom. The van der Waals surface area contributed by atoms with Gasteiger partial charge in [-0.3, -0.25) is 10.1 Å². The van der Waals surface area contributed by atoms with Gasteiger partial charge in [-0.25, -0.2) is 4.39 Å². The van der Waals surface area contributed by atoms with Crippen LogP contribution in [0.1, 0.15) is 18.4 Å². The molecule has 3 rings (SSSR count). The maximum atomic E-state index is 12.9. The Bertz CT molecular complexity index is 636. The molecular weight excluding hydrogens is 277 g/mol. The van der Waals surface area contributed by atoms with E-state index in [2.05, 4.69) is 0 Å². The average molecular weight is 289 g/mol. The molecule has 20 heavy (non-hydrogen) atoms. The fraction of sp³-hybridized carbons (Fsp3) is 0.200. The highest BCUT2D eigenvalue weighted by atomic mass is 32.2. The number of nitro groups is 1. The van der Waals surface area contributed by atoms with Gasteiger partial charge in [-0.15, -0.1) is 11.8 Å². The maximum absolute atomic E-state index is 12.9. The second-order valence-electron chi connectivity index (χ2n) is 4.85. The smallest absolute Gasteiger partial charge is 0.258 e. The van der Waals surface area contributed by atoms with E-state index in [1.54, 1.807) is 36.0 Å². The van der Waals surface area contributed by atoms with Gasteiger partial charge in [0, 0.05) is 21.8 Å².